The van der Waals surface area contributed by atoms with Gasteiger partial charge in [-0.2, -0.15) is 0 Å². The molecule has 0 aliphatic carbocycles. The average Bonchev–Trinajstić information content (AvgIpc) is 2.83. The van der Waals surface area contributed by atoms with Gasteiger partial charge in [-0.1, -0.05) is 51.1 Å². The van der Waals surface area contributed by atoms with E-state index < -0.39 is 0 Å². The molecule has 20 heavy (non-hydrogen) atoms. The van der Waals surface area contributed by atoms with Crippen LogP contribution >= 0.6 is 11.8 Å². The van der Waals surface area contributed by atoms with E-state index in [0.717, 1.165) is 11.4 Å². The maximum atomic E-state index is 6.42. The highest BCUT2D eigenvalue weighted by Gasteiger charge is 2.27. The van der Waals surface area contributed by atoms with Crippen molar-refractivity contribution >= 4 is 17.4 Å². The monoisotopic (exact) mass is 283 g/mol. The summed E-state index contributed by atoms with van der Waals surface area (Å²) in [5.74, 6) is 2.17. The highest BCUT2D eigenvalue weighted by molar-refractivity contribution is 7.99. The lowest BCUT2D eigenvalue weighted by Gasteiger charge is -2.19. The van der Waals surface area contributed by atoms with Crippen molar-refractivity contribution in [1.82, 2.24) is 0 Å². The molecule has 2 aromatic rings. The molecule has 1 aliphatic rings. The van der Waals surface area contributed by atoms with Crippen LogP contribution < -0.4 is 5.73 Å². The first-order chi connectivity index (χ1) is 9.59. The van der Waals surface area contributed by atoms with E-state index in [0.29, 0.717) is 11.8 Å². The quantitative estimate of drug-likeness (QED) is 0.760. The highest BCUT2D eigenvalue weighted by Crippen LogP contribution is 2.49. The lowest BCUT2D eigenvalue weighted by Crippen LogP contribution is -2.03. The SMILES string of the molecule is CC(C)c1cc(-c2ccccc2)c2c(c1N)SCC2C. The van der Waals surface area contributed by atoms with Crippen LogP contribution in [0.25, 0.3) is 11.1 Å². The number of nitrogens with two attached hydrogens (primary N) is 1. The van der Waals surface area contributed by atoms with Crippen LogP contribution in [0, 0.1) is 0 Å². The molecule has 3 rings (SSSR count). The number of nitrogen functional groups attached to an aromatic ring is 1. The summed E-state index contributed by atoms with van der Waals surface area (Å²) in [4.78, 5) is 1.32. The fraction of sp³-hybridized carbons (Fsp3) is 0.333. The molecule has 1 nitrogen and oxygen atoms in total. The van der Waals surface area contributed by atoms with E-state index >= 15 is 0 Å². The molecule has 104 valence electrons. The summed E-state index contributed by atoms with van der Waals surface area (Å²) in [6.45, 7) is 6.74. The van der Waals surface area contributed by atoms with Crippen LogP contribution in [0.3, 0.4) is 0 Å². The third-order valence-electron chi connectivity index (χ3n) is 4.07. The van der Waals surface area contributed by atoms with Crippen molar-refractivity contribution in [2.45, 2.75) is 37.5 Å². The number of hydrogen-bond acceptors (Lipinski definition) is 2. The third kappa shape index (κ3) is 2.12. The Labute approximate surface area is 125 Å². The van der Waals surface area contributed by atoms with Crippen molar-refractivity contribution < 1.29 is 0 Å². The maximum Gasteiger partial charge on any atom is 0.0490 e. The van der Waals surface area contributed by atoms with Crippen LogP contribution in [0.2, 0.25) is 0 Å². The first kappa shape index (κ1) is 13.6. The van der Waals surface area contributed by atoms with Gasteiger partial charge in [0.25, 0.3) is 0 Å². The molecule has 2 heteroatoms. The molecule has 2 aromatic carbocycles. The Morgan fingerprint density at radius 3 is 2.55 bits per heavy atom. The van der Waals surface area contributed by atoms with Crippen LogP contribution in [0.1, 0.15) is 43.7 Å². The van der Waals surface area contributed by atoms with Crippen LogP contribution in [-0.4, -0.2) is 5.75 Å². The Morgan fingerprint density at radius 2 is 1.90 bits per heavy atom. The summed E-state index contributed by atoms with van der Waals surface area (Å²) in [7, 11) is 0. The van der Waals surface area contributed by atoms with Gasteiger partial charge in [-0.3, -0.25) is 0 Å². The zero-order valence-corrected chi connectivity index (χ0v) is 13.1. The molecular formula is C18H21NS. The van der Waals surface area contributed by atoms with Gasteiger partial charge in [-0.05, 0) is 40.2 Å². The molecule has 0 aromatic heterocycles. The van der Waals surface area contributed by atoms with E-state index in [1.54, 1.807) is 0 Å². The van der Waals surface area contributed by atoms with Crippen LogP contribution in [0.15, 0.2) is 41.3 Å². The van der Waals surface area contributed by atoms with Gasteiger partial charge in [0.15, 0.2) is 0 Å². The molecule has 1 aliphatic heterocycles. The minimum atomic E-state index is 0.458. The molecule has 1 heterocycles. The van der Waals surface area contributed by atoms with Crippen LogP contribution in [0.5, 0.6) is 0 Å². The number of thioether (sulfide) groups is 1. The third-order valence-corrected chi connectivity index (χ3v) is 5.46. The Bertz CT molecular complexity index is 632. The van der Waals surface area contributed by atoms with Gasteiger partial charge in [0.2, 0.25) is 0 Å². The Hall–Kier alpha value is -1.41. The molecule has 0 saturated heterocycles. The van der Waals surface area contributed by atoms with Gasteiger partial charge < -0.3 is 5.73 Å². The largest absolute Gasteiger partial charge is 0.398 e. The van der Waals surface area contributed by atoms with E-state index in [1.165, 1.54) is 27.1 Å². The molecule has 0 saturated carbocycles. The summed E-state index contributed by atoms with van der Waals surface area (Å²) in [5, 5.41) is 0. The van der Waals surface area contributed by atoms with Gasteiger partial charge in [0, 0.05) is 16.3 Å². The second-order valence-corrected chi connectivity index (χ2v) is 6.93. The Balaban J connectivity index is 2.29. The van der Waals surface area contributed by atoms with Crippen LogP contribution in [0.4, 0.5) is 5.69 Å². The maximum absolute atomic E-state index is 6.42. The summed E-state index contributed by atoms with van der Waals surface area (Å²) in [5.41, 5.74) is 12.8. The number of rotatable bonds is 2. The average molecular weight is 283 g/mol. The van der Waals surface area contributed by atoms with E-state index in [1.807, 2.05) is 11.8 Å². The van der Waals surface area contributed by atoms with Crippen molar-refractivity contribution in [2.24, 2.45) is 0 Å². The highest BCUT2D eigenvalue weighted by atomic mass is 32.2. The summed E-state index contributed by atoms with van der Waals surface area (Å²) >= 11 is 1.92. The lowest BCUT2D eigenvalue weighted by molar-refractivity contribution is 0.851. The van der Waals surface area contributed by atoms with Crippen molar-refractivity contribution in [3.8, 4) is 11.1 Å². The van der Waals surface area contributed by atoms with Crippen molar-refractivity contribution in [3.63, 3.8) is 0 Å². The summed E-state index contributed by atoms with van der Waals surface area (Å²) in [6, 6.07) is 13.0. The van der Waals surface area contributed by atoms with E-state index in [-0.39, 0.29) is 0 Å². The molecule has 2 N–H and O–H groups in total. The normalized spacial score (nSPS) is 17.5. The minimum Gasteiger partial charge on any atom is -0.398 e. The number of hydrogen-bond donors (Lipinski definition) is 1. The van der Waals surface area contributed by atoms with Gasteiger partial charge >= 0.3 is 0 Å². The fourth-order valence-corrected chi connectivity index (χ4v) is 4.30. The molecule has 1 unspecified atom stereocenters. The lowest BCUT2D eigenvalue weighted by atomic mass is 9.87. The van der Waals surface area contributed by atoms with Gasteiger partial charge in [0.05, 0.1) is 0 Å². The fourth-order valence-electron chi connectivity index (χ4n) is 2.98. The molecule has 0 spiro atoms. The predicted molar refractivity (Wildman–Crippen MR) is 89.5 cm³/mol. The minimum absolute atomic E-state index is 0.458. The number of benzene rings is 2. The number of fused-ring (bicyclic) bond motifs is 1. The van der Waals surface area contributed by atoms with E-state index in [9.17, 15) is 0 Å². The smallest absolute Gasteiger partial charge is 0.0490 e. The van der Waals surface area contributed by atoms with E-state index in [2.05, 4.69) is 57.2 Å². The zero-order valence-electron chi connectivity index (χ0n) is 12.3. The standard InChI is InChI=1S/C18H21NS/c1-11(2)14-9-15(13-7-5-4-6-8-13)16-12(3)10-20-18(16)17(14)19/h4-9,11-12H,10,19H2,1-3H3. The second kappa shape index (κ2) is 5.17. The zero-order chi connectivity index (χ0) is 14.3. The molecule has 1 atom stereocenters. The molecular weight excluding hydrogens is 262 g/mol. The molecule has 0 radical (unpaired) electrons. The molecule has 0 amide bonds. The van der Waals surface area contributed by atoms with Crippen molar-refractivity contribution in [2.75, 3.05) is 11.5 Å². The molecule has 0 bridgehead atoms. The van der Waals surface area contributed by atoms with Gasteiger partial charge in [-0.25, -0.2) is 0 Å². The second-order valence-electron chi connectivity index (χ2n) is 5.90. The van der Waals surface area contributed by atoms with E-state index in [4.69, 9.17) is 5.73 Å². The van der Waals surface area contributed by atoms with Gasteiger partial charge in [0.1, 0.15) is 0 Å². The van der Waals surface area contributed by atoms with Crippen LogP contribution in [-0.2, 0) is 0 Å². The first-order valence-corrected chi connectivity index (χ1v) is 8.22. The molecule has 0 fully saturated rings. The van der Waals surface area contributed by atoms with Crippen molar-refractivity contribution in [3.05, 3.63) is 47.5 Å². The first-order valence-electron chi connectivity index (χ1n) is 7.24. The topological polar surface area (TPSA) is 26.0 Å². The predicted octanol–water partition coefficient (Wildman–Crippen LogP) is 5.27. The van der Waals surface area contributed by atoms with Gasteiger partial charge in [-0.15, -0.1) is 11.8 Å². The summed E-state index contributed by atoms with van der Waals surface area (Å²) < 4.78 is 0. The Morgan fingerprint density at radius 1 is 1.20 bits per heavy atom. The number of anilines is 1. The Kier molecular flexibility index (Phi) is 3.51. The van der Waals surface area contributed by atoms with Crippen molar-refractivity contribution in [1.29, 1.82) is 0 Å². The summed E-state index contributed by atoms with van der Waals surface area (Å²) in [6.07, 6.45) is 0.